The van der Waals surface area contributed by atoms with Crippen LogP contribution in [0.5, 0.6) is 0 Å². The van der Waals surface area contributed by atoms with Crippen LogP contribution in [0.4, 0.5) is 0 Å². The molecular weight excluding hydrogens is 476 g/mol. The SMILES string of the molecule is C=C(C)C(=O)OC1CCC2(C)C(CCC3C2CCC2(C)C(C(C)CCC(=O)OC4CCCCO4)CCC32)C1. The summed E-state index contributed by atoms with van der Waals surface area (Å²) in [6.07, 6.45) is 15.3. The number of hydrogen-bond donors (Lipinski definition) is 0. The van der Waals surface area contributed by atoms with E-state index in [9.17, 15) is 9.59 Å². The molecule has 0 spiro atoms. The molecule has 5 rings (SSSR count). The summed E-state index contributed by atoms with van der Waals surface area (Å²) in [5.74, 6) is 4.06. The van der Waals surface area contributed by atoms with Crippen LogP contribution < -0.4 is 0 Å². The molecule has 5 aliphatic rings. The number of fused-ring (bicyclic) bond motifs is 5. The van der Waals surface area contributed by atoms with Crippen LogP contribution >= 0.6 is 0 Å². The molecule has 5 nitrogen and oxygen atoms in total. The Bertz CT molecular complexity index is 892. The number of rotatable bonds is 7. The first-order chi connectivity index (χ1) is 18.1. The molecule has 10 atom stereocenters. The van der Waals surface area contributed by atoms with Gasteiger partial charge in [0.05, 0.1) is 6.61 Å². The molecule has 0 aromatic heterocycles. The number of hydrogen-bond acceptors (Lipinski definition) is 5. The zero-order valence-electron chi connectivity index (χ0n) is 24.5. The lowest BCUT2D eigenvalue weighted by Gasteiger charge is -2.61. The molecule has 4 saturated carbocycles. The molecule has 4 aliphatic carbocycles. The van der Waals surface area contributed by atoms with Crippen molar-refractivity contribution in [1.29, 1.82) is 0 Å². The predicted octanol–water partition coefficient (Wildman–Crippen LogP) is 7.62. The third-order valence-electron chi connectivity index (χ3n) is 12.2. The Morgan fingerprint density at radius 3 is 2.45 bits per heavy atom. The lowest BCUT2D eigenvalue weighted by molar-refractivity contribution is -0.187. The van der Waals surface area contributed by atoms with E-state index in [-0.39, 0.29) is 24.3 Å². The van der Waals surface area contributed by atoms with E-state index in [1.807, 2.05) is 0 Å². The van der Waals surface area contributed by atoms with Crippen LogP contribution in [0, 0.1) is 46.3 Å². The van der Waals surface area contributed by atoms with Crippen LogP contribution in [0.3, 0.4) is 0 Å². The van der Waals surface area contributed by atoms with Crippen molar-refractivity contribution in [2.75, 3.05) is 6.61 Å². The molecule has 0 N–H and O–H groups in total. The second kappa shape index (κ2) is 11.3. The summed E-state index contributed by atoms with van der Waals surface area (Å²) >= 11 is 0. The molecule has 0 radical (unpaired) electrons. The summed E-state index contributed by atoms with van der Waals surface area (Å²) < 4.78 is 17.0. The summed E-state index contributed by atoms with van der Waals surface area (Å²) in [5, 5.41) is 0. The van der Waals surface area contributed by atoms with Crippen LogP contribution in [-0.2, 0) is 23.8 Å². The van der Waals surface area contributed by atoms with Gasteiger partial charge in [0.1, 0.15) is 6.10 Å². The van der Waals surface area contributed by atoms with Gasteiger partial charge in [-0.1, -0.05) is 27.4 Å². The predicted molar refractivity (Wildman–Crippen MR) is 148 cm³/mol. The molecule has 0 amide bonds. The molecule has 0 aromatic carbocycles. The van der Waals surface area contributed by atoms with E-state index in [4.69, 9.17) is 14.2 Å². The van der Waals surface area contributed by atoms with Crippen LogP contribution in [0.1, 0.15) is 118 Å². The highest BCUT2D eigenvalue weighted by atomic mass is 16.7. The van der Waals surface area contributed by atoms with E-state index in [2.05, 4.69) is 27.4 Å². The number of carbonyl (C=O) groups is 2. The molecule has 5 heteroatoms. The summed E-state index contributed by atoms with van der Waals surface area (Å²) in [4.78, 5) is 24.7. The van der Waals surface area contributed by atoms with Gasteiger partial charge < -0.3 is 14.2 Å². The monoisotopic (exact) mass is 528 g/mol. The highest BCUT2D eigenvalue weighted by Crippen LogP contribution is 2.68. The minimum Gasteiger partial charge on any atom is -0.459 e. The fraction of sp³-hybridized carbons (Fsp3) is 0.879. The third kappa shape index (κ3) is 5.34. The van der Waals surface area contributed by atoms with Crippen LogP contribution in [0.25, 0.3) is 0 Å². The van der Waals surface area contributed by atoms with Crippen molar-refractivity contribution in [3.8, 4) is 0 Å². The molecule has 1 heterocycles. The molecule has 5 fully saturated rings. The fourth-order valence-electron chi connectivity index (χ4n) is 10.1. The molecular formula is C33H52O5. The Morgan fingerprint density at radius 2 is 1.71 bits per heavy atom. The highest BCUT2D eigenvalue weighted by Gasteiger charge is 2.60. The average Bonchev–Trinajstić information content (AvgIpc) is 3.25. The van der Waals surface area contributed by atoms with Crippen molar-refractivity contribution in [1.82, 2.24) is 0 Å². The van der Waals surface area contributed by atoms with Crippen molar-refractivity contribution in [2.24, 2.45) is 46.3 Å². The number of ether oxygens (including phenoxy) is 3. The van der Waals surface area contributed by atoms with Crippen molar-refractivity contribution in [2.45, 2.75) is 130 Å². The Labute approximate surface area is 230 Å². The molecule has 0 bridgehead atoms. The molecule has 10 unspecified atom stereocenters. The number of carbonyl (C=O) groups excluding carboxylic acids is 2. The smallest absolute Gasteiger partial charge is 0.333 e. The Balaban J connectivity index is 1.17. The largest absolute Gasteiger partial charge is 0.459 e. The zero-order valence-corrected chi connectivity index (χ0v) is 24.5. The molecule has 1 aliphatic heterocycles. The van der Waals surface area contributed by atoms with Gasteiger partial charge in [-0.2, -0.15) is 0 Å². The molecule has 214 valence electrons. The van der Waals surface area contributed by atoms with Gasteiger partial charge in [-0.25, -0.2) is 4.79 Å². The van der Waals surface area contributed by atoms with Gasteiger partial charge in [0, 0.05) is 18.4 Å². The zero-order chi connectivity index (χ0) is 27.1. The van der Waals surface area contributed by atoms with Gasteiger partial charge in [-0.15, -0.1) is 0 Å². The van der Waals surface area contributed by atoms with Crippen molar-refractivity contribution < 1.29 is 23.8 Å². The lowest BCUT2D eigenvalue weighted by Crippen LogP contribution is -2.54. The van der Waals surface area contributed by atoms with E-state index < -0.39 is 0 Å². The minimum absolute atomic E-state index is 0.0655. The maximum absolute atomic E-state index is 12.5. The van der Waals surface area contributed by atoms with Crippen molar-refractivity contribution in [3.63, 3.8) is 0 Å². The van der Waals surface area contributed by atoms with Crippen molar-refractivity contribution in [3.05, 3.63) is 12.2 Å². The Hall–Kier alpha value is -1.36. The second-order valence-corrected chi connectivity index (χ2v) is 14.3. The molecule has 38 heavy (non-hydrogen) atoms. The first-order valence-electron chi connectivity index (χ1n) is 15.8. The summed E-state index contributed by atoms with van der Waals surface area (Å²) in [6.45, 7) is 13.8. The van der Waals surface area contributed by atoms with Crippen LogP contribution in [-0.4, -0.2) is 30.9 Å². The van der Waals surface area contributed by atoms with E-state index in [0.717, 1.165) is 56.3 Å². The first kappa shape index (κ1) is 28.2. The quantitative estimate of drug-likeness (QED) is 0.251. The maximum Gasteiger partial charge on any atom is 0.333 e. The highest BCUT2D eigenvalue weighted by molar-refractivity contribution is 5.87. The molecule has 1 saturated heterocycles. The van der Waals surface area contributed by atoms with Gasteiger partial charge in [-0.3, -0.25) is 4.79 Å². The average molecular weight is 529 g/mol. The number of esters is 2. The maximum atomic E-state index is 12.5. The normalized spacial score (nSPS) is 43.2. The summed E-state index contributed by atoms with van der Waals surface area (Å²) in [5.41, 5.74) is 1.29. The van der Waals surface area contributed by atoms with Crippen LogP contribution in [0.2, 0.25) is 0 Å². The van der Waals surface area contributed by atoms with E-state index in [1.54, 1.807) is 6.92 Å². The van der Waals surface area contributed by atoms with Gasteiger partial charge in [0.2, 0.25) is 6.29 Å². The standard InChI is InChI=1S/C33H52O5/c1-21(2)31(35)37-24-15-17-32(4)23(20-24)10-11-25-27-13-12-26(33(27,5)18-16-28(25)32)22(3)9-14-29(34)38-30-8-6-7-19-36-30/h22-28,30H,1,6-20H2,2-5H3. The Kier molecular flexibility index (Phi) is 8.35. The van der Waals surface area contributed by atoms with E-state index in [1.165, 1.54) is 44.9 Å². The van der Waals surface area contributed by atoms with Gasteiger partial charge in [0.25, 0.3) is 0 Å². The third-order valence-corrected chi connectivity index (χ3v) is 12.2. The second-order valence-electron chi connectivity index (χ2n) is 14.3. The first-order valence-corrected chi connectivity index (χ1v) is 15.8. The molecule has 0 aromatic rings. The van der Waals surface area contributed by atoms with E-state index in [0.29, 0.717) is 47.2 Å². The van der Waals surface area contributed by atoms with Gasteiger partial charge in [0.15, 0.2) is 0 Å². The minimum atomic E-state index is -0.320. The Morgan fingerprint density at radius 1 is 0.947 bits per heavy atom. The topological polar surface area (TPSA) is 61.8 Å². The van der Waals surface area contributed by atoms with Crippen LogP contribution in [0.15, 0.2) is 12.2 Å². The lowest BCUT2D eigenvalue weighted by atomic mass is 9.44. The summed E-state index contributed by atoms with van der Waals surface area (Å²) in [7, 11) is 0. The van der Waals surface area contributed by atoms with Crippen molar-refractivity contribution >= 4 is 11.9 Å². The van der Waals surface area contributed by atoms with Gasteiger partial charge >= 0.3 is 11.9 Å². The van der Waals surface area contributed by atoms with Gasteiger partial charge in [-0.05, 0) is 130 Å². The summed E-state index contributed by atoms with van der Waals surface area (Å²) in [6, 6.07) is 0. The fourth-order valence-corrected chi connectivity index (χ4v) is 10.1. The van der Waals surface area contributed by atoms with E-state index >= 15 is 0 Å².